The molecule has 312 valence electrons. The van der Waals surface area contributed by atoms with Crippen LogP contribution in [0.3, 0.4) is 0 Å². The molecule has 0 unspecified atom stereocenters. The highest BCUT2D eigenvalue weighted by atomic mass is 15.1. The molecular weight excluding hydrogens is 805 g/mol. The van der Waals surface area contributed by atoms with Crippen LogP contribution in [0.1, 0.15) is 11.1 Å². The lowest BCUT2D eigenvalue weighted by molar-refractivity contribution is 1.10. The molecule has 9 aromatic carbocycles. The van der Waals surface area contributed by atoms with Crippen molar-refractivity contribution in [2.24, 2.45) is 0 Å². The summed E-state index contributed by atoms with van der Waals surface area (Å²) in [6.45, 7) is 4.26. The Morgan fingerprint density at radius 3 is 0.939 bits per heavy atom. The first kappa shape index (κ1) is 38.9. The van der Waals surface area contributed by atoms with E-state index in [0.29, 0.717) is 0 Å². The fraction of sp³-hybridized carbons (Fsp3) is 0.0333. The number of imidazole rings is 2. The molecule has 66 heavy (non-hydrogen) atoms. The highest BCUT2D eigenvalue weighted by Gasteiger charge is 2.18. The largest absolute Gasteiger partial charge is 0.292 e. The van der Waals surface area contributed by atoms with Gasteiger partial charge < -0.3 is 0 Å². The third-order valence-electron chi connectivity index (χ3n) is 12.7. The molecule has 6 nitrogen and oxygen atoms in total. The molecule has 0 aliphatic rings. The molecular formula is C60H42N6. The first-order chi connectivity index (χ1) is 32.5. The Labute approximate surface area is 382 Å². The highest BCUT2D eigenvalue weighted by Crippen LogP contribution is 2.36. The van der Waals surface area contributed by atoms with E-state index in [-0.39, 0.29) is 0 Å². The standard InChI is InChI=1S/C60H42N6/c1-39-37-53-54(38-40(39)2)62-58(46-31-23-42(24-32-46)44-27-35-48(36-28-44)60-64-52-18-10-12-20-56(52)66(60)50-15-7-4-8-16-50)57(61-53)45-29-21-41(22-30-45)43-25-33-47(34-26-43)59-63-51-17-9-11-19-55(51)65(59)49-13-5-3-6-14-49/h3-38H,1-2H3. The number of hydrogen-bond donors (Lipinski definition) is 0. The molecule has 0 aliphatic heterocycles. The van der Waals surface area contributed by atoms with E-state index in [2.05, 4.69) is 217 Å². The van der Waals surface area contributed by atoms with Crippen LogP contribution in [0.5, 0.6) is 0 Å². The number of aromatic nitrogens is 6. The fourth-order valence-electron chi connectivity index (χ4n) is 9.09. The summed E-state index contributed by atoms with van der Waals surface area (Å²) >= 11 is 0. The van der Waals surface area contributed by atoms with Gasteiger partial charge >= 0.3 is 0 Å². The van der Waals surface area contributed by atoms with Gasteiger partial charge in [-0.05, 0) is 108 Å². The fourth-order valence-corrected chi connectivity index (χ4v) is 9.09. The Kier molecular flexibility index (Phi) is 9.50. The lowest BCUT2D eigenvalue weighted by Crippen LogP contribution is -1.97. The van der Waals surface area contributed by atoms with Crippen molar-refractivity contribution in [3.63, 3.8) is 0 Å². The number of nitrogens with zero attached hydrogens (tertiary/aromatic N) is 6. The van der Waals surface area contributed by atoms with E-state index in [9.17, 15) is 0 Å². The maximum Gasteiger partial charge on any atom is 0.145 e. The topological polar surface area (TPSA) is 61.4 Å². The van der Waals surface area contributed by atoms with Gasteiger partial charge in [0.2, 0.25) is 0 Å². The monoisotopic (exact) mass is 846 g/mol. The van der Waals surface area contributed by atoms with Crippen LogP contribution in [0.4, 0.5) is 0 Å². The molecule has 12 aromatic rings. The summed E-state index contributed by atoms with van der Waals surface area (Å²) in [6, 6.07) is 76.6. The van der Waals surface area contributed by atoms with Crippen molar-refractivity contribution in [3.8, 4) is 78.9 Å². The van der Waals surface area contributed by atoms with Crippen molar-refractivity contribution in [3.05, 3.63) is 230 Å². The maximum atomic E-state index is 5.31. The highest BCUT2D eigenvalue weighted by molar-refractivity contribution is 5.89. The lowest BCUT2D eigenvalue weighted by atomic mass is 9.97. The van der Waals surface area contributed by atoms with Gasteiger partial charge in [0.1, 0.15) is 11.6 Å². The van der Waals surface area contributed by atoms with Gasteiger partial charge in [0, 0.05) is 33.6 Å². The predicted molar refractivity (Wildman–Crippen MR) is 271 cm³/mol. The number of fused-ring (bicyclic) bond motifs is 3. The molecule has 12 rings (SSSR count). The molecule has 0 N–H and O–H groups in total. The van der Waals surface area contributed by atoms with Gasteiger partial charge in [-0.1, -0.05) is 158 Å². The zero-order valence-electron chi connectivity index (χ0n) is 36.5. The van der Waals surface area contributed by atoms with Gasteiger partial charge in [-0.3, -0.25) is 9.13 Å². The van der Waals surface area contributed by atoms with Crippen molar-refractivity contribution < 1.29 is 0 Å². The Morgan fingerprint density at radius 1 is 0.273 bits per heavy atom. The number of benzene rings is 9. The molecule has 0 aliphatic carbocycles. The summed E-state index contributed by atoms with van der Waals surface area (Å²) < 4.78 is 4.47. The van der Waals surface area contributed by atoms with Crippen LogP contribution in [0.15, 0.2) is 218 Å². The van der Waals surface area contributed by atoms with Crippen molar-refractivity contribution >= 4 is 33.1 Å². The van der Waals surface area contributed by atoms with Gasteiger partial charge in [0.25, 0.3) is 0 Å². The van der Waals surface area contributed by atoms with E-state index in [0.717, 1.165) is 112 Å². The Balaban J connectivity index is 0.857. The van der Waals surface area contributed by atoms with Gasteiger partial charge in [-0.15, -0.1) is 0 Å². The first-order valence-corrected chi connectivity index (χ1v) is 22.3. The second-order valence-electron chi connectivity index (χ2n) is 16.8. The van der Waals surface area contributed by atoms with E-state index in [4.69, 9.17) is 19.9 Å². The van der Waals surface area contributed by atoms with Gasteiger partial charge in [0.05, 0.1) is 44.5 Å². The number of rotatable bonds is 8. The third kappa shape index (κ3) is 6.93. The molecule has 0 fully saturated rings. The number of para-hydroxylation sites is 6. The minimum absolute atomic E-state index is 0.853. The third-order valence-corrected chi connectivity index (χ3v) is 12.7. The van der Waals surface area contributed by atoms with Crippen LogP contribution >= 0.6 is 0 Å². The maximum absolute atomic E-state index is 5.31. The molecule has 0 atom stereocenters. The first-order valence-electron chi connectivity index (χ1n) is 22.3. The van der Waals surface area contributed by atoms with Crippen molar-refractivity contribution in [2.45, 2.75) is 13.8 Å². The molecule has 0 bridgehead atoms. The Morgan fingerprint density at radius 2 is 0.576 bits per heavy atom. The van der Waals surface area contributed by atoms with Crippen molar-refractivity contribution in [1.82, 2.24) is 29.1 Å². The summed E-state index contributed by atoms with van der Waals surface area (Å²) in [6.07, 6.45) is 0. The van der Waals surface area contributed by atoms with Gasteiger partial charge in [-0.2, -0.15) is 0 Å². The average Bonchev–Trinajstić information content (AvgIpc) is 3.97. The molecule has 0 amide bonds. The summed E-state index contributed by atoms with van der Waals surface area (Å²) in [7, 11) is 0. The molecule has 0 saturated carbocycles. The van der Waals surface area contributed by atoms with Crippen LogP contribution in [0.2, 0.25) is 0 Å². The van der Waals surface area contributed by atoms with E-state index >= 15 is 0 Å². The van der Waals surface area contributed by atoms with E-state index < -0.39 is 0 Å². The summed E-state index contributed by atoms with van der Waals surface area (Å²) in [4.78, 5) is 20.8. The smallest absolute Gasteiger partial charge is 0.145 e. The predicted octanol–water partition coefficient (Wildman–Crippen LogP) is 14.9. The van der Waals surface area contributed by atoms with Crippen molar-refractivity contribution in [2.75, 3.05) is 0 Å². The van der Waals surface area contributed by atoms with Crippen molar-refractivity contribution in [1.29, 1.82) is 0 Å². The van der Waals surface area contributed by atoms with Gasteiger partial charge in [0.15, 0.2) is 0 Å². The molecule has 0 saturated heterocycles. The molecule has 6 heteroatoms. The summed E-state index contributed by atoms with van der Waals surface area (Å²) in [5, 5.41) is 0. The van der Waals surface area contributed by atoms with Crippen LogP contribution in [-0.2, 0) is 0 Å². The second kappa shape index (κ2) is 16.1. The minimum atomic E-state index is 0.853. The SMILES string of the molecule is Cc1cc2nc(-c3ccc(-c4ccc(-c5nc6ccccc6n5-c5ccccc5)cc4)cc3)c(-c3ccc(-c4ccc(-c5nc6ccccc6n5-c5ccccc5)cc4)cc3)nc2cc1C. The number of hydrogen-bond acceptors (Lipinski definition) is 4. The zero-order chi connectivity index (χ0) is 44.1. The summed E-state index contributed by atoms with van der Waals surface area (Å²) in [5.74, 6) is 1.83. The molecule has 0 spiro atoms. The van der Waals surface area contributed by atoms with Crippen LogP contribution in [0.25, 0.3) is 112 Å². The average molecular weight is 847 g/mol. The molecule has 3 aromatic heterocycles. The Bertz CT molecular complexity index is 3470. The quantitative estimate of drug-likeness (QED) is 0.153. The van der Waals surface area contributed by atoms with Gasteiger partial charge in [-0.25, -0.2) is 19.9 Å². The lowest BCUT2D eigenvalue weighted by Gasteiger charge is -2.13. The van der Waals surface area contributed by atoms with E-state index in [1.807, 2.05) is 24.3 Å². The van der Waals surface area contributed by atoms with E-state index in [1.54, 1.807) is 0 Å². The number of aryl methyl sites for hydroxylation is 2. The van der Waals surface area contributed by atoms with Crippen LogP contribution in [0, 0.1) is 13.8 Å². The van der Waals surface area contributed by atoms with E-state index in [1.165, 1.54) is 11.1 Å². The zero-order valence-corrected chi connectivity index (χ0v) is 36.5. The minimum Gasteiger partial charge on any atom is -0.292 e. The Hall–Kier alpha value is -8.74. The second-order valence-corrected chi connectivity index (χ2v) is 16.8. The summed E-state index contributed by atoms with van der Waals surface area (Å²) in [5.41, 5.74) is 20.8. The molecule has 0 radical (unpaired) electrons. The normalized spacial score (nSPS) is 11.5. The molecule has 3 heterocycles. The van der Waals surface area contributed by atoms with Crippen LogP contribution in [-0.4, -0.2) is 29.1 Å². The van der Waals surface area contributed by atoms with Crippen LogP contribution < -0.4 is 0 Å².